The fourth-order valence-electron chi connectivity index (χ4n) is 5.26. The van der Waals surface area contributed by atoms with Crippen LogP contribution in [0, 0.1) is 5.92 Å². The van der Waals surface area contributed by atoms with Crippen molar-refractivity contribution in [1.29, 1.82) is 0 Å². The topological polar surface area (TPSA) is 186 Å². The van der Waals surface area contributed by atoms with Crippen LogP contribution >= 0.6 is 0 Å². The van der Waals surface area contributed by atoms with E-state index >= 15 is 0 Å². The minimum absolute atomic E-state index is 0.0510. The van der Waals surface area contributed by atoms with Gasteiger partial charge in [0.1, 0.15) is 11.9 Å². The molecule has 2 aromatic heterocycles. The van der Waals surface area contributed by atoms with E-state index < -0.39 is 47.3 Å². The van der Waals surface area contributed by atoms with Crippen molar-refractivity contribution in [3.63, 3.8) is 0 Å². The van der Waals surface area contributed by atoms with Crippen molar-refractivity contribution in [3.8, 4) is 0 Å². The summed E-state index contributed by atoms with van der Waals surface area (Å²) in [5.41, 5.74) is 6.58. The predicted molar refractivity (Wildman–Crippen MR) is 147 cm³/mol. The average molecular weight is 553 g/mol. The van der Waals surface area contributed by atoms with Crippen molar-refractivity contribution in [3.05, 3.63) is 53.2 Å². The van der Waals surface area contributed by atoms with E-state index in [0.717, 1.165) is 47.0 Å². The number of hydrogen-bond acceptors (Lipinski definition) is 6. The lowest BCUT2D eigenvalue weighted by molar-refractivity contribution is -0.132. The third-order valence-corrected chi connectivity index (χ3v) is 7.22. The van der Waals surface area contributed by atoms with Crippen molar-refractivity contribution in [2.45, 2.75) is 64.5 Å². The summed E-state index contributed by atoms with van der Waals surface area (Å²) >= 11 is 0. The van der Waals surface area contributed by atoms with Crippen LogP contribution in [-0.2, 0) is 11.2 Å². The molecular formula is C28H36N6O6. The molecule has 12 nitrogen and oxygen atoms in total. The molecule has 3 aromatic rings. The predicted octanol–water partition coefficient (Wildman–Crippen LogP) is 3.77. The third-order valence-electron chi connectivity index (χ3n) is 7.22. The first kappa shape index (κ1) is 28.8. The first-order chi connectivity index (χ1) is 19.1. The van der Waals surface area contributed by atoms with Gasteiger partial charge in [-0.3, -0.25) is 9.69 Å². The molecule has 3 amide bonds. The Morgan fingerprint density at radius 3 is 2.33 bits per heavy atom. The van der Waals surface area contributed by atoms with E-state index in [1.54, 1.807) is 11.1 Å². The summed E-state index contributed by atoms with van der Waals surface area (Å²) in [5.74, 6) is -3.73. The minimum Gasteiger partial charge on any atom is -0.477 e. The Kier molecular flexibility index (Phi) is 8.88. The Balaban J connectivity index is 1.87. The standard InChI is InChI=1S/C28H36N6O6/c1-16(2)13-19(29)25(35)34(28(40)33-11-7-3-4-8-12-33)21(14-17-15-30-20-10-6-5-9-18(17)20)24-31-22(26(36)37)23(32-24)27(38)39/h5-6,9-10,15-16,19,21,30H,3-4,7-8,11-14,29H2,1-2H3,(H,31,32)(H,36,37)(H,38,39)/t19-,21+/m0/s1. The summed E-state index contributed by atoms with van der Waals surface area (Å²) in [6, 6.07) is 4.79. The molecule has 0 aliphatic carbocycles. The van der Waals surface area contributed by atoms with Gasteiger partial charge in [-0.05, 0) is 36.8 Å². The number of aromatic nitrogens is 3. The minimum atomic E-state index is -1.54. The highest BCUT2D eigenvalue weighted by atomic mass is 16.4. The Hall–Kier alpha value is -4.19. The van der Waals surface area contributed by atoms with Gasteiger partial charge >= 0.3 is 18.0 Å². The highest BCUT2D eigenvalue weighted by Gasteiger charge is 2.40. The number of urea groups is 1. The van der Waals surface area contributed by atoms with Gasteiger partial charge in [0, 0.05) is 36.6 Å². The maximum Gasteiger partial charge on any atom is 0.357 e. The number of H-pyrrole nitrogens is 2. The highest BCUT2D eigenvalue weighted by molar-refractivity contribution is 6.00. The number of carbonyl (C=O) groups excluding carboxylic acids is 2. The van der Waals surface area contributed by atoms with Gasteiger partial charge < -0.3 is 30.8 Å². The van der Waals surface area contributed by atoms with E-state index in [9.17, 15) is 29.4 Å². The highest BCUT2D eigenvalue weighted by Crippen LogP contribution is 2.31. The summed E-state index contributed by atoms with van der Waals surface area (Å²) in [6.07, 6.45) is 5.62. The number of nitrogens with one attached hydrogen (secondary N) is 2. The number of hydrogen-bond donors (Lipinski definition) is 5. The van der Waals surface area contributed by atoms with Gasteiger partial charge in [0.25, 0.3) is 0 Å². The number of carboxylic acid groups (broad SMARTS) is 2. The second-order valence-corrected chi connectivity index (χ2v) is 10.7. The van der Waals surface area contributed by atoms with Crippen molar-refractivity contribution < 1.29 is 29.4 Å². The summed E-state index contributed by atoms with van der Waals surface area (Å²) in [4.78, 5) is 64.5. The number of imidazole rings is 1. The fourth-order valence-corrected chi connectivity index (χ4v) is 5.26. The number of benzene rings is 1. The molecule has 0 spiro atoms. The van der Waals surface area contributed by atoms with E-state index in [2.05, 4.69) is 15.0 Å². The van der Waals surface area contributed by atoms with E-state index in [1.807, 2.05) is 38.1 Å². The van der Waals surface area contributed by atoms with Crippen LogP contribution in [0.2, 0.25) is 0 Å². The number of carboxylic acids is 2. The fraction of sp³-hybridized carbons (Fsp3) is 0.464. The summed E-state index contributed by atoms with van der Waals surface area (Å²) < 4.78 is 0. The van der Waals surface area contributed by atoms with Crippen LogP contribution in [-0.4, -0.2) is 78.0 Å². The van der Waals surface area contributed by atoms with E-state index in [0.29, 0.717) is 19.5 Å². The molecule has 12 heteroatoms. The molecule has 1 saturated heterocycles. The molecule has 6 N–H and O–H groups in total. The number of aromatic amines is 2. The normalized spacial score (nSPS) is 15.6. The lowest BCUT2D eigenvalue weighted by Gasteiger charge is -2.35. The van der Waals surface area contributed by atoms with Crippen molar-refractivity contribution in [2.24, 2.45) is 11.7 Å². The lowest BCUT2D eigenvalue weighted by Crippen LogP contribution is -2.54. The van der Waals surface area contributed by atoms with Gasteiger partial charge in [0.15, 0.2) is 11.4 Å². The molecule has 1 aliphatic heterocycles. The monoisotopic (exact) mass is 552 g/mol. The number of nitrogens with zero attached hydrogens (tertiary/aromatic N) is 3. The number of carbonyl (C=O) groups is 4. The van der Waals surface area contributed by atoms with Crippen LogP contribution in [0.4, 0.5) is 4.79 Å². The zero-order valence-electron chi connectivity index (χ0n) is 22.7. The van der Waals surface area contributed by atoms with Crippen LogP contribution in [0.15, 0.2) is 30.5 Å². The number of rotatable bonds is 9. The molecule has 0 saturated carbocycles. The van der Waals surface area contributed by atoms with Gasteiger partial charge in [0.2, 0.25) is 5.91 Å². The summed E-state index contributed by atoms with van der Waals surface area (Å²) in [5, 5.41) is 20.2. The molecule has 1 aliphatic rings. The SMILES string of the molecule is CC(C)C[C@H](N)C(=O)N(C(=O)N1CCCCCC1)[C@H](Cc1c[nH]c2ccccc12)c1nc(C(=O)O)c(C(=O)O)[nH]1. The van der Waals surface area contributed by atoms with Gasteiger partial charge in [0.05, 0.1) is 6.04 Å². The number of nitrogens with two attached hydrogens (primary N) is 1. The molecule has 0 bridgehead atoms. The average Bonchev–Trinajstić information content (AvgIpc) is 3.44. The lowest BCUT2D eigenvalue weighted by atomic mass is 9.99. The number of para-hydroxylation sites is 1. The number of imide groups is 1. The maximum absolute atomic E-state index is 14.1. The smallest absolute Gasteiger partial charge is 0.357 e. The van der Waals surface area contributed by atoms with Crippen molar-refractivity contribution in [2.75, 3.05) is 13.1 Å². The van der Waals surface area contributed by atoms with E-state index in [1.165, 1.54) is 0 Å². The summed E-state index contributed by atoms with van der Waals surface area (Å²) in [6.45, 7) is 4.76. The Labute approximate surface area is 231 Å². The molecule has 40 heavy (non-hydrogen) atoms. The van der Waals surface area contributed by atoms with Crippen LogP contribution < -0.4 is 5.73 Å². The Morgan fingerprint density at radius 2 is 1.73 bits per heavy atom. The number of amides is 3. The zero-order chi connectivity index (χ0) is 29.0. The maximum atomic E-state index is 14.1. The van der Waals surface area contributed by atoms with Crippen LogP contribution in [0.25, 0.3) is 10.9 Å². The van der Waals surface area contributed by atoms with Gasteiger partial charge in [-0.2, -0.15) is 0 Å². The van der Waals surface area contributed by atoms with Crippen molar-refractivity contribution >= 4 is 34.8 Å². The quantitative estimate of drug-likeness (QED) is 0.265. The Bertz CT molecular complexity index is 1360. The molecule has 0 radical (unpaired) electrons. The van der Waals surface area contributed by atoms with Gasteiger partial charge in [-0.15, -0.1) is 0 Å². The van der Waals surface area contributed by atoms with Crippen LogP contribution in [0.3, 0.4) is 0 Å². The van der Waals surface area contributed by atoms with E-state index in [4.69, 9.17) is 5.73 Å². The van der Waals surface area contributed by atoms with Crippen LogP contribution in [0.5, 0.6) is 0 Å². The van der Waals surface area contributed by atoms with Crippen molar-refractivity contribution in [1.82, 2.24) is 24.8 Å². The summed E-state index contributed by atoms with van der Waals surface area (Å²) in [7, 11) is 0. The molecule has 0 unspecified atom stereocenters. The van der Waals surface area contributed by atoms with E-state index in [-0.39, 0.29) is 18.2 Å². The second-order valence-electron chi connectivity index (χ2n) is 10.7. The van der Waals surface area contributed by atoms with Gasteiger partial charge in [-0.1, -0.05) is 44.9 Å². The molecular weight excluding hydrogens is 516 g/mol. The zero-order valence-corrected chi connectivity index (χ0v) is 22.7. The Morgan fingerprint density at radius 1 is 1.05 bits per heavy atom. The molecule has 1 aromatic carbocycles. The largest absolute Gasteiger partial charge is 0.477 e. The van der Waals surface area contributed by atoms with Crippen LogP contribution in [0.1, 0.15) is 84.4 Å². The number of aromatic carboxylic acids is 2. The third kappa shape index (κ3) is 6.17. The molecule has 4 rings (SSSR count). The molecule has 3 heterocycles. The first-order valence-corrected chi connectivity index (χ1v) is 13.6. The second kappa shape index (κ2) is 12.3. The molecule has 2 atom stereocenters. The molecule has 214 valence electrons. The molecule has 1 fully saturated rings. The van der Waals surface area contributed by atoms with Gasteiger partial charge in [-0.25, -0.2) is 19.4 Å². The number of likely N-dealkylation sites (tertiary alicyclic amines) is 1. The first-order valence-electron chi connectivity index (χ1n) is 13.6. The number of fused-ring (bicyclic) bond motifs is 1.